The normalized spacial score (nSPS) is 16.9. The number of rotatable bonds is 3. The molecule has 1 aromatic heterocycles. The molecule has 0 N–H and O–H groups in total. The van der Waals surface area contributed by atoms with E-state index < -0.39 is 16.2 Å². The van der Waals surface area contributed by atoms with Crippen LogP contribution < -0.4 is 4.74 Å². The van der Waals surface area contributed by atoms with E-state index in [4.69, 9.17) is 8.92 Å². The summed E-state index contributed by atoms with van der Waals surface area (Å²) < 4.78 is 32.1. The number of hydrogen-bond donors (Lipinski definition) is 0. The first kappa shape index (κ1) is 14.7. The van der Waals surface area contributed by atoms with Crippen molar-refractivity contribution in [2.75, 3.05) is 19.3 Å². The van der Waals surface area contributed by atoms with Gasteiger partial charge >= 0.3 is 6.09 Å². The van der Waals surface area contributed by atoms with Gasteiger partial charge in [0.05, 0.1) is 18.6 Å². The maximum Gasteiger partial charge on any atom is 0.415 e. The second-order valence-electron chi connectivity index (χ2n) is 4.54. The van der Waals surface area contributed by atoms with Gasteiger partial charge in [0.2, 0.25) is 0 Å². The van der Waals surface area contributed by atoms with Crippen LogP contribution in [0.2, 0.25) is 0 Å². The van der Waals surface area contributed by atoms with Gasteiger partial charge in [0.1, 0.15) is 0 Å². The van der Waals surface area contributed by atoms with Crippen LogP contribution >= 0.6 is 0 Å². The Morgan fingerprint density at radius 2 is 2.10 bits per heavy atom. The van der Waals surface area contributed by atoms with E-state index in [1.165, 1.54) is 11.1 Å². The Labute approximate surface area is 117 Å². The largest absolute Gasteiger partial charge is 0.415 e. The van der Waals surface area contributed by atoms with E-state index >= 15 is 0 Å². The zero-order valence-corrected chi connectivity index (χ0v) is 11.9. The molecule has 0 saturated carbocycles. The van der Waals surface area contributed by atoms with Gasteiger partial charge in [0, 0.05) is 19.3 Å². The lowest BCUT2D eigenvalue weighted by molar-refractivity contribution is 0.0971. The molecule has 0 radical (unpaired) electrons. The van der Waals surface area contributed by atoms with Crippen molar-refractivity contribution in [1.82, 2.24) is 9.88 Å². The monoisotopic (exact) mass is 300 g/mol. The van der Waals surface area contributed by atoms with Crippen molar-refractivity contribution in [3.63, 3.8) is 0 Å². The molecule has 110 valence electrons. The molecule has 0 spiro atoms. The van der Waals surface area contributed by atoms with Crippen LogP contribution in [0.5, 0.6) is 5.75 Å². The molecular weight excluding hydrogens is 284 g/mol. The summed E-state index contributed by atoms with van der Waals surface area (Å²) in [7, 11) is -3.45. The van der Waals surface area contributed by atoms with Crippen LogP contribution in [0.4, 0.5) is 4.79 Å². The van der Waals surface area contributed by atoms with Crippen LogP contribution in [-0.2, 0) is 14.3 Å². The highest BCUT2D eigenvalue weighted by molar-refractivity contribution is 7.86. The zero-order valence-electron chi connectivity index (χ0n) is 11.1. The smallest absolute Gasteiger partial charge is 0.409 e. The molecule has 1 saturated heterocycles. The summed E-state index contributed by atoms with van der Waals surface area (Å²) in [6.07, 6.45) is 4.17. The van der Waals surface area contributed by atoms with Crippen LogP contribution in [0.3, 0.4) is 0 Å². The zero-order chi connectivity index (χ0) is 14.6. The third kappa shape index (κ3) is 4.46. The van der Waals surface area contributed by atoms with Crippen molar-refractivity contribution < 1.29 is 22.1 Å². The number of nitrogens with zero attached hydrogens (tertiary/aromatic N) is 2. The first-order valence-electron chi connectivity index (χ1n) is 6.19. The Morgan fingerprint density at radius 1 is 1.40 bits per heavy atom. The minimum Gasteiger partial charge on any atom is -0.409 e. The summed E-state index contributed by atoms with van der Waals surface area (Å²) in [5, 5.41) is 0. The summed E-state index contributed by atoms with van der Waals surface area (Å²) in [5.74, 6) is 0.381. The van der Waals surface area contributed by atoms with Crippen LogP contribution in [0.1, 0.15) is 12.8 Å². The van der Waals surface area contributed by atoms with E-state index in [0.717, 1.165) is 6.26 Å². The van der Waals surface area contributed by atoms with E-state index in [9.17, 15) is 13.2 Å². The first-order chi connectivity index (χ1) is 9.44. The maximum absolute atomic E-state index is 11.9. The number of pyridine rings is 1. The highest BCUT2D eigenvalue weighted by Gasteiger charge is 2.26. The Kier molecular flexibility index (Phi) is 4.56. The Hall–Kier alpha value is -1.67. The molecule has 8 heteroatoms. The molecule has 1 aromatic rings. The second-order valence-corrected chi connectivity index (χ2v) is 6.14. The minimum absolute atomic E-state index is 0.368. The summed E-state index contributed by atoms with van der Waals surface area (Å²) in [6.45, 7) is 0.804. The second kappa shape index (κ2) is 6.19. The highest BCUT2D eigenvalue weighted by atomic mass is 32.2. The molecule has 2 rings (SSSR count). The number of amides is 1. The average Bonchev–Trinajstić information content (AvgIpc) is 2.39. The summed E-state index contributed by atoms with van der Waals surface area (Å²) >= 11 is 0. The van der Waals surface area contributed by atoms with Crippen LogP contribution in [0.15, 0.2) is 24.5 Å². The SMILES string of the molecule is CS(=O)(=O)OC1CCN(C(=O)Oc2cccnc2)CC1. The van der Waals surface area contributed by atoms with Crippen LogP contribution in [-0.4, -0.2) is 49.8 Å². The Bertz CT molecular complexity index is 552. The minimum atomic E-state index is -3.45. The third-order valence-electron chi connectivity index (χ3n) is 2.85. The van der Waals surface area contributed by atoms with Gasteiger partial charge in [0.15, 0.2) is 5.75 Å². The van der Waals surface area contributed by atoms with Gasteiger partial charge in [-0.3, -0.25) is 9.17 Å². The van der Waals surface area contributed by atoms with Gasteiger partial charge in [-0.2, -0.15) is 8.42 Å². The van der Waals surface area contributed by atoms with Gasteiger partial charge in [-0.25, -0.2) is 4.79 Å². The Balaban J connectivity index is 1.83. The van der Waals surface area contributed by atoms with Gasteiger partial charge < -0.3 is 9.64 Å². The van der Waals surface area contributed by atoms with E-state index in [1.54, 1.807) is 18.3 Å². The van der Waals surface area contributed by atoms with Gasteiger partial charge in [-0.1, -0.05) is 0 Å². The number of carbonyl (C=O) groups excluding carboxylic acids is 1. The van der Waals surface area contributed by atoms with E-state index in [0.29, 0.717) is 31.7 Å². The molecule has 0 aromatic carbocycles. The van der Waals surface area contributed by atoms with E-state index in [1.807, 2.05) is 0 Å². The fourth-order valence-electron chi connectivity index (χ4n) is 1.95. The number of ether oxygens (including phenoxy) is 1. The highest BCUT2D eigenvalue weighted by Crippen LogP contribution is 2.17. The van der Waals surface area contributed by atoms with E-state index in [2.05, 4.69) is 4.98 Å². The van der Waals surface area contributed by atoms with Crippen molar-refractivity contribution in [3.8, 4) is 5.75 Å². The lowest BCUT2D eigenvalue weighted by Gasteiger charge is -2.30. The topological polar surface area (TPSA) is 85.8 Å². The molecule has 0 aliphatic carbocycles. The van der Waals surface area contributed by atoms with Crippen molar-refractivity contribution in [1.29, 1.82) is 0 Å². The van der Waals surface area contributed by atoms with Gasteiger partial charge in [0.25, 0.3) is 10.1 Å². The first-order valence-corrected chi connectivity index (χ1v) is 8.01. The van der Waals surface area contributed by atoms with Gasteiger partial charge in [-0.05, 0) is 25.0 Å². The molecule has 7 nitrogen and oxygen atoms in total. The van der Waals surface area contributed by atoms with Crippen LogP contribution in [0.25, 0.3) is 0 Å². The number of hydrogen-bond acceptors (Lipinski definition) is 6. The molecular formula is C12H16N2O5S. The molecule has 0 atom stereocenters. The fraction of sp³-hybridized carbons (Fsp3) is 0.500. The van der Waals surface area contributed by atoms with Crippen molar-refractivity contribution in [2.24, 2.45) is 0 Å². The molecule has 1 amide bonds. The lowest BCUT2D eigenvalue weighted by Crippen LogP contribution is -2.42. The summed E-state index contributed by atoms with van der Waals surface area (Å²) in [5.41, 5.74) is 0. The molecule has 2 heterocycles. The number of piperidine rings is 1. The quantitative estimate of drug-likeness (QED) is 0.775. The van der Waals surface area contributed by atoms with Crippen molar-refractivity contribution in [2.45, 2.75) is 18.9 Å². The fourth-order valence-corrected chi connectivity index (χ4v) is 2.64. The molecule has 1 aliphatic heterocycles. The molecule has 20 heavy (non-hydrogen) atoms. The summed E-state index contributed by atoms with van der Waals surface area (Å²) in [4.78, 5) is 17.3. The lowest BCUT2D eigenvalue weighted by atomic mass is 10.1. The average molecular weight is 300 g/mol. The molecule has 0 bridgehead atoms. The number of aromatic nitrogens is 1. The maximum atomic E-state index is 11.9. The number of carbonyl (C=O) groups is 1. The van der Waals surface area contributed by atoms with Gasteiger partial charge in [-0.15, -0.1) is 0 Å². The molecule has 1 fully saturated rings. The Morgan fingerprint density at radius 3 is 2.65 bits per heavy atom. The third-order valence-corrected chi connectivity index (χ3v) is 3.47. The predicted octanol–water partition coefficient (Wildman–Crippen LogP) is 1.02. The van der Waals surface area contributed by atoms with Crippen molar-refractivity contribution >= 4 is 16.2 Å². The van der Waals surface area contributed by atoms with Crippen LogP contribution in [0, 0.1) is 0 Å². The molecule has 1 aliphatic rings. The van der Waals surface area contributed by atoms with E-state index in [-0.39, 0.29) is 6.10 Å². The summed E-state index contributed by atoms with van der Waals surface area (Å²) in [6, 6.07) is 3.32. The van der Waals surface area contributed by atoms with Crippen molar-refractivity contribution in [3.05, 3.63) is 24.5 Å². The number of likely N-dealkylation sites (tertiary alicyclic amines) is 1. The predicted molar refractivity (Wildman–Crippen MR) is 70.8 cm³/mol. The standard InChI is InChI=1S/C12H16N2O5S/c1-20(16,17)19-10-4-7-14(8-5-10)12(15)18-11-3-2-6-13-9-11/h2-3,6,9-10H,4-5,7-8H2,1H3. The molecule has 0 unspecified atom stereocenters.